The van der Waals surface area contributed by atoms with Gasteiger partial charge in [-0.3, -0.25) is 0 Å². The molecule has 76 valence electrons. The molecule has 1 rings (SSSR count). The molecule has 0 radical (unpaired) electrons. The van der Waals surface area contributed by atoms with E-state index in [4.69, 9.17) is 16.7 Å². The van der Waals surface area contributed by atoms with Crippen LogP contribution in [0.15, 0.2) is 23.1 Å². The molecule has 0 unspecified atom stereocenters. The van der Waals surface area contributed by atoms with Crippen LogP contribution in [-0.4, -0.2) is 16.8 Å². The van der Waals surface area contributed by atoms with Crippen LogP contribution in [0.4, 0.5) is 8.78 Å². The number of benzene rings is 1. The molecule has 1 aromatic rings. The van der Waals surface area contributed by atoms with Gasteiger partial charge in [0.05, 0.1) is 5.56 Å². The quantitative estimate of drug-likeness (QED) is 0.821. The van der Waals surface area contributed by atoms with Gasteiger partial charge in [-0.25, -0.2) is 4.79 Å². The first-order valence-corrected chi connectivity index (χ1v) is 4.73. The van der Waals surface area contributed by atoms with Gasteiger partial charge in [-0.2, -0.15) is 8.78 Å². The molecular formula is C8H5ClF2O2S. The standard InChI is InChI=1S/C8H5ClF2O2S/c9-5-1-4(7(12)13)2-6(3-5)14-8(10)11/h1-3,8H,(H,12,13). The molecule has 0 spiro atoms. The van der Waals surface area contributed by atoms with Gasteiger partial charge in [0.2, 0.25) is 0 Å². The van der Waals surface area contributed by atoms with Crippen molar-refractivity contribution in [2.24, 2.45) is 0 Å². The number of halogens is 3. The first kappa shape index (κ1) is 11.3. The Morgan fingerprint density at radius 3 is 2.57 bits per heavy atom. The number of alkyl halides is 2. The number of hydrogen-bond donors (Lipinski definition) is 1. The van der Waals surface area contributed by atoms with Crippen molar-refractivity contribution in [2.45, 2.75) is 10.7 Å². The molecule has 6 heteroatoms. The molecule has 0 atom stereocenters. The Balaban J connectivity index is 3.01. The first-order valence-electron chi connectivity index (χ1n) is 3.48. The van der Waals surface area contributed by atoms with Crippen molar-refractivity contribution < 1.29 is 18.7 Å². The predicted octanol–water partition coefficient (Wildman–Crippen LogP) is 3.35. The molecule has 14 heavy (non-hydrogen) atoms. The van der Waals surface area contributed by atoms with Crippen molar-refractivity contribution in [1.29, 1.82) is 0 Å². The maximum Gasteiger partial charge on any atom is 0.335 e. The Kier molecular flexibility index (Phi) is 3.71. The fourth-order valence-corrected chi connectivity index (χ4v) is 1.75. The third kappa shape index (κ3) is 3.16. The summed E-state index contributed by atoms with van der Waals surface area (Å²) >= 11 is 5.82. The summed E-state index contributed by atoms with van der Waals surface area (Å²) in [5.41, 5.74) is -0.0966. The van der Waals surface area contributed by atoms with E-state index < -0.39 is 11.7 Å². The molecule has 0 saturated carbocycles. The van der Waals surface area contributed by atoms with E-state index in [2.05, 4.69) is 0 Å². The second kappa shape index (κ2) is 4.61. The van der Waals surface area contributed by atoms with Gasteiger partial charge in [0.15, 0.2) is 0 Å². The Morgan fingerprint density at radius 1 is 1.43 bits per heavy atom. The lowest BCUT2D eigenvalue weighted by atomic mass is 10.2. The van der Waals surface area contributed by atoms with Crippen molar-refractivity contribution in [2.75, 3.05) is 0 Å². The average molecular weight is 239 g/mol. The summed E-state index contributed by atoms with van der Waals surface area (Å²) in [6.07, 6.45) is 0. The minimum atomic E-state index is -2.59. The highest BCUT2D eigenvalue weighted by atomic mass is 35.5. The molecular weight excluding hydrogens is 234 g/mol. The highest BCUT2D eigenvalue weighted by Crippen LogP contribution is 2.28. The first-order chi connectivity index (χ1) is 6.49. The van der Waals surface area contributed by atoms with Crippen LogP contribution in [0.25, 0.3) is 0 Å². The third-order valence-corrected chi connectivity index (χ3v) is 2.25. The summed E-state index contributed by atoms with van der Waals surface area (Å²) in [6.45, 7) is 0. The van der Waals surface area contributed by atoms with Crippen LogP contribution in [0.2, 0.25) is 5.02 Å². The van der Waals surface area contributed by atoms with Gasteiger partial charge in [0.1, 0.15) is 0 Å². The maximum absolute atomic E-state index is 12.0. The van der Waals surface area contributed by atoms with E-state index in [1.165, 1.54) is 12.1 Å². The number of thioether (sulfide) groups is 1. The zero-order valence-electron chi connectivity index (χ0n) is 6.71. The number of rotatable bonds is 3. The number of aromatic carboxylic acids is 1. The van der Waals surface area contributed by atoms with Crippen molar-refractivity contribution in [3.63, 3.8) is 0 Å². The molecule has 2 nitrogen and oxygen atoms in total. The van der Waals surface area contributed by atoms with Gasteiger partial charge in [-0.15, -0.1) is 0 Å². The summed E-state index contributed by atoms with van der Waals surface area (Å²) in [6, 6.07) is 3.66. The molecule has 0 bridgehead atoms. The predicted molar refractivity (Wildman–Crippen MR) is 50.3 cm³/mol. The third-order valence-electron chi connectivity index (χ3n) is 1.34. The average Bonchev–Trinajstić information content (AvgIpc) is 2.01. The SMILES string of the molecule is O=C(O)c1cc(Cl)cc(SC(F)F)c1. The van der Waals surface area contributed by atoms with Crippen molar-refractivity contribution >= 4 is 29.3 Å². The van der Waals surface area contributed by atoms with Gasteiger partial charge < -0.3 is 5.11 Å². The molecule has 0 aliphatic carbocycles. The molecule has 0 fully saturated rings. The van der Waals surface area contributed by atoms with E-state index in [1.807, 2.05) is 0 Å². The van der Waals surface area contributed by atoms with Crippen LogP contribution < -0.4 is 0 Å². The van der Waals surface area contributed by atoms with E-state index in [0.717, 1.165) is 6.07 Å². The zero-order chi connectivity index (χ0) is 10.7. The zero-order valence-corrected chi connectivity index (χ0v) is 8.28. The fourth-order valence-electron chi connectivity index (χ4n) is 0.857. The van der Waals surface area contributed by atoms with Crippen molar-refractivity contribution in [3.05, 3.63) is 28.8 Å². The van der Waals surface area contributed by atoms with E-state index >= 15 is 0 Å². The van der Waals surface area contributed by atoms with Gasteiger partial charge in [-0.1, -0.05) is 23.4 Å². The van der Waals surface area contributed by atoms with Crippen LogP contribution in [-0.2, 0) is 0 Å². The maximum atomic E-state index is 12.0. The van der Waals surface area contributed by atoms with Gasteiger partial charge >= 0.3 is 5.97 Å². The molecule has 0 aliphatic heterocycles. The Hall–Kier alpha value is -0.810. The van der Waals surface area contributed by atoms with E-state index in [-0.39, 0.29) is 27.2 Å². The lowest BCUT2D eigenvalue weighted by Gasteiger charge is -2.02. The molecule has 0 saturated heterocycles. The van der Waals surface area contributed by atoms with Crippen molar-refractivity contribution in [3.8, 4) is 0 Å². The molecule has 0 aromatic heterocycles. The van der Waals surface area contributed by atoms with Crippen LogP contribution in [0.1, 0.15) is 10.4 Å². The summed E-state index contributed by atoms with van der Waals surface area (Å²) in [5, 5.41) is 8.74. The highest BCUT2D eigenvalue weighted by Gasteiger charge is 2.10. The Bertz CT molecular complexity index is 357. The molecule has 0 heterocycles. The molecule has 0 aliphatic rings. The Labute approximate surface area is 87.9 Å². The van der Waals surface area contributed by atoms with Crippen LogP contribution in [0.5, 0.6) is 0 Å². The summed E-state index contributed by atoms with van der Waals surface area (Å²) < 4.78 is 23.9. The normalized spacial score (nSPS) is 10.6. The van der Waals surface area contributed by atoms with Crippen molar-refractivity contribution in [1.82, 2.24) is 0 Å². The summed E-state index contributed by atoms with van der Waals surface area (Å²) in [4.78, 5) is 10.7. The number of carboxylic acids is 1. The van der Waals surface area contributed by atoms with Crippen LogP contribution in [0.3, 0.4) is 0 Å². The number of hydrogen-bond acceptors (Lipinski definition) is 2. The topological polar surface area (TPSA) is 37.3 Å². The largest absolute Gasteiger partial charge is 0.478 e. The van der Waals surface area contributed by atoms with Gasteiger partial charge in [0.25, 0.3) is 5.76 Å². The number of carbonyl (C=O) groups is 1. The smallest absolute Gasteiger partial charge is 0.335 e. The monoisotopic (exact) mass is 238 g/mol. The highest BCUT2D eigenvalue weighted by molar-refractivity contribution is 7.99. The summed E-state index contributed by atoms with van der Waals surface area (Å²) in [5.74, 6) is -3.78. The lowest BCUT2D eigenvalue weighted by Crippen LogP contribution is -1.96. The van der Waals surface area contributed by atoms with Gasteiger partial charge in [-0.05, 0) is 18.2 Å². The van der Waals surface area contributed by atoms with E-state index in [9.17, 15) is 13.6 Å². The molecule has 0 amide bonds. The number of carboxylic acid groups (broad SMARTS) is 1. The van der Waals surface area contributed by atoms with Gasteiger partial charge in [0, 0.05) is 9.92 Å². The minimum absolute atomic E-state index is 0.0966. The summed E-state index contributed by atoms with van der Waals surface area (Å²) in [7, 11) is 0. The Morgan fingerprint density at radius 2 is 2.07 bits per heavy atom. The molecule has 1 aromatic carbocycles. The molecule has 1 N–H and O–H groups in total. The van der Waals surface area contributed by atoms with Crippen LogP contribution >= 0.6 is 23.4 Å². The fraction of sp³-hybridized carbons (Fsp3) is 0.125. The minimum Gasteiger partial charge on any atom is -0.478 e. The van der Waals surface area contributed by atoms with E-state index in [0.29, 0.717) is 0 Å². The lowest BCUT2D eigenvalue weighted by molar-refractivity contribution is 0.0696. The second-order valence-electron chi connectivity index (χ2n) is 2.36. The second-order valence-corrected chi connectivity index (χ2v) is 3.86. The van der Waals surface area contributed by atoms with Crippen LogP contribution in [0, 0.1) is 0 Å². The van der Waals surface area contributed by atoms with E-state index in [1.54, 1.807) is 0 Å².